The topological polar surface area (TPSA) is 94.7 Å². The van der Waals surface area contributed by atoms with E-state index in [2.05, 4.69) is 8.75 Å². The lowest BCUT2D eigenvalue weighted by molar-refractivity contribution is -0.185. The van der Waals surface area contributed by atoms with Crippen molar-refractivity contribution in [2.75, 3.05) is 6.61 Å². The van der Waals surface area contributed by atoms with Gasteiger partial charge in [-0.2, -0.15) is 8.75 Å². The molecule has 5 rings (SSSR count). The van der Waals surface area contributed by atoms with Gasteiger partial charge >= 0.3 is 5.97 Å². The van der Waals surface area contributed by atoms with Crippen LogP contribution in [-0.2, 0) is 21.7 Å². The molecule has 168 valence electrons. The van der Waals surface area contributed by atoms with Crippen LogP contribution in [0.4, 0.5) is 4.39 Å². The molecular weight excluding hydrogens is 447 g/mol. The number of aliphatic hydroxyl groups is 1. The highest BCUT2D eigenvalue weighted by atomic mass is 32.1. The van der Waals surface area contributed by atoms with Crippen LogP contribution in [0.2, 0.25) is 0 Å². The number of hydrogen-bond donors (Lipinski definition) is 1. The summed E-state index contributed by atoms with van der Waals surface area (Å²) in [7, 11) is 0. The van der Waals surface area contributed by atoms with Crippen molar-refractivity contribution in [1.82, 2.24) is 8.75 Å². The summed E-state index contributed by atoms with van der Waals surface area (Å²) in [4.78, 5) is 13.0. The summed E-state index contributed by atoms with van der Waals surface area (Å²) in [5, 5.41) is 11.6. The van der Waals surface area contributed by atoms with Crippen molar-refractivity contribution >= 4 is 34.3 Å². The third kappa shape index (κ3) is 3.79. The highest BCUT2D eigenvalue weighted by Crippen LogP contribution is 2.45. The summed E-state index contributed by atoms with van der Waals surface area (Å²) in [6.45, 7) is 2.27. The van der Waals surface area contributed by atoms with Crippen molar-refractivity contribution in [3.05, 3.63) is 83.1 Å². The Labute approximate surface area is 192 Å². The average molecular weight is 466 g/mol. The predicted molar refractivity (Wildman–Crippen MR) is 119 cm³/mol. The first-order valence-corrected chi connectivity index (χ1v) is 11.1. The van der Waals surface area contributed by atoms with Crippen LogP contribution in [0.5, 0.6) is 5.75 Å². The van der Waals surface area contributed by atoms with Crippen LogP contribution in [0, 0.1) is 5.82 Å². The van der Waals surface area contributed by atoms with Crippen LogP contribution in [0.1, 0.15) is 30.2 Å². The van der Waals surface area contributed by atoms with E-state index >= 15 is 0 Å². The fraction of sp³-hybridized carbons (Fsp3) is 0.208. The molecule has 7 nitrogen and oxygen atoms in total. The van der Waals surface area contributed by atoms with E-state index in [9.17, 15) is 14.3 Å². The molecule has 2 aromatic carbocycles. The number of esters is 1. The number of aromatic nitrogens is 2. The van der Waals surface area contributed by atoms with E-state index in [1.807, 2.05) is 6.92 Å². The Balaban J connectivity index is 1.64. The molecule has 0 amide bonds. The molecule has 4 aromatic rings. The number of halogens is 1. The number of benzene rings is 2. The maximum Gasteiger partial charge on any atom is 0.342 e. The van der Waals surface area contributed by atoms with Gasteiger partial charge < -0.3 is 19.0 Å². The second-order valence-corrected chi connectivity index (χ2v) is 8.13. The zero-order chi connectivity index (χ0) is 23.0. The van der Waals surface area contributed by atoms with Crippen LogP contribution in [-0.4, -0.2) is 26.4 Å². The van der Waals surface area contributed by atoms with Gasteiger partial charge in [0.25, 0.3) is 5.79 Å². The fourth-order valence-electron chi connectivity index (χ4n) is 3.84. The van der Waals surface area contributed by atoms with Gasteiger partial charge in [0, 0.05) is 17.6 Å². The van der Waals surface area contributed by atoms with E-state index < -0.39 is 17.6 Å². The molecule has 0 fully saturated rings. The van der Waals surface area contributed by atoms with Gasteiger partial charge in [-0.15, -0.1) is 0 Å². The standard InChI is InChI=1S/C24H19FN2O5S/c1-2-9-31-21-8-6-15(12-18(21)25)24(29)17(13-16-4-3-10-30-16)22(23(28)32-24)14-5-7-19-20(11-14)27-33-26-19/h3-8,10-12,29H,2,9,13H2,1H3. The molecule has 0 radical (unpaired) electrons. The van der Waals surface area contributed by atoms with E-state index in [0.717, 1.165) is 24.2 Å². The summed E-state index contributed by atoms with van der Waals surface area (Å²) in [5.41, 5.74) is 2.32. The molecule has 0 spiro atoms. The number of furan rings is 1. The maximum atomic E-state index is 14.7. The smallest absolute Gasteiger partial charge is 0.342 e. The Morgan fingerprint density at radius 1 is 1.15 bits per heavy atom. The van der Waals surface area contributed by atoms with Crippen LogP contribution in [0.25, 0.3) is 16.6 Å². The van der Waals surface area contributed by atoms with E-state index in [-0.39, 0.29) is 28.9 Å². The van der Waals surface area contributed by atoms with E-state index in [0.29, 0.717) is 29.0 Å². The van der Waals surface area contributed by atoms with Crippen molar-refractivity contribution in [2.45, 2.75) is 25.6 Å². The van der Waals surface area contributed by atoms with E-state index in [1.165, 1.54) is 18.4 Å². The molecule has 1 unspecified atom stereocenters. The van der Waals surface area contributed by atoms with E-state index in [4.69, 9.17) is 13.9 Å². The largest absolute Gasteiger partial charge is 0.491 e. The molecule has 0 aliphatic carbocycles. The van der Waals surface area contributed by atoms with Crippen molar-refractivity contribution in [3.63, 3.8) is 0 Å². The number of cyclic esters (lactones) is 1. The van der Waals surface area contributed by atoms with Crippen LogP contribution >= 0.6 is 11.7 Å². The van der Waals surface area contributed by atoms with Gasteiger partial charge in [-0.3, -0.25) is 0 Å². The van der Waals surface area contributed by atoms with Gasteiger partial charge in [0.2, 0.25) is 0 Å². The van der Waals surface area contributed by atoms with Crippen molar-refractivity contribution in [1.29, 1.82) is 0 Å². The maximum absolute atomic E-state index is 14.7. The average Bonchev–Trinajstić information content (AvgIpc) is 3.53. The van der Waals surface area contributed by atoms with Gasteiger partial charge in [-0.25, -0.2) is 9.18 Å². The third-order valence-electron chi connectivity index (χ3n) is 5.41. The van der Waals surface area contributed by atoms with Crippen LogP contribution in [0.3, 0.4) is 0 Å². The minimum Gasteiger partial charge on any atom is -0.491 e. The van der Waals surface area contributed by atoms with Crippen molar-refractivity contribution < 1.29 is 28.2 Å². The zero-order valence-electron chi connectivity index (χ0n) is 17.6. The highest BCUT2D eigenvalue weighted by molar-refractivity contribution is 7.00. The SMILES string of the molecule is CCCOc1ccc(C2(O)OC(=O)C(c3ccc4nsnc4c3)=C2Cc2ccco2)cc1F. The van der Waals surface area contributed by atoms with Gasteiger partial charge in [0.15, 0.2) is 11.6 Å². The highest BCUT2D eigenvalue weighted by Gasteiger charge is 2.48. The molecule has 9 heteroatoms. The molecule has 0 saturated carbocycles. The molecule has 1 aliphatic heterocycles. The number of carbonyl (C=O) groups is 1. The van der Waals surface area contributed by atoms with Gasteiger partial charge in [-0.1, -0.05) is 13.0 Å². The number of ether oxygens (including phenoxy) is 2. The summed E-state index contributed by atoms with van der Waals surface area (Å²) in [6, 6.07) is 12.6. The van der Waals surface area contributed by atoms with Crippen molar-refractivity contribution in [2.24, 2.45) is 0 Å². The number of fused-ring (bicyclic) bond motifs is 1. The summed E-state index contributed by atoms with van der Waals surface area (Å²) < 4.78 is 39.5. The first-order valence-electron chi connectivity index (χ1n) is 10.4. The minimum atomic E-state index is -2.18. The fourth-order valence-corrected chi connectivity index (χ4v) is 4.36. The second-order valence-electron chi connectivity index (χ2n) is 7.60. The monoisotopic (exact) mass is 466 g/mol. The Kier molecular flexibility index (Phi) is 5.43. The summed E-state index contributed by atoms with van der Waals surface area (Å²) in [5.74, 6) is -3.00. The second kappa shape index (κ2) is 8.42. The normalized spacial score (nSPS) is 18.2. The minimum absolute atomic E-state index is 0.0618. The lowest BCUT2D eigenvalue weighted by atomic mass is 9.89. The molecule has 1 N–H and O–H groups in total. The quantitative estimate of drug-likeness (QED) is 0.398. The Hall–Kier alpha value is -3.56. The zero-order valence-corrected chi connectivity index (χ0v) is 18.4. The molecule has 3 heterocycles. The Morgan fingerprint density at radius 3 is 2.76 bits per heavy atom. The van der Waals surface area contributed by atoms with Gasteiger partial charge in [-0.05, 0) is 54.4 Å². The van der Waals surface area contributed by atoms with Crippen molar-refractivity contribution in [3.8, 4) is 5.75 Å². The number of hydrogen-bond acceptors (Lipinski definition) is 8. The molecular formula is C24H19FN2O5S. The lowest BCUT2D eigenvalue weighted by Gasteiger charge is -2.25. The molecule has 1 aliphatic rings. The Bertz CT molecular complexity index is 1360. The van der Waals surface area contributed by atoms with E-state index in [1.54, 1.807) is 30.3 Å². The predicted octanol–water partition coefficient (Wildman–Crippen LogP) is 4.61. The first-order chi connectivity index (χ1) is 16.0. The van der Waals surface area contributed by atoms with Crippen LogP contribution < -0.4 is 4.74 Å². The number of rotatable bonds is 7. The summed E-state index contributed by atoms with van der Waals surface area (Å²) in [6.07, 6.45) is 2.30. The van der Waals surface area contributed by atoms with Gasteiger partial charge in [0.1, 0.15) is 16.8 Å². The third-order valence-corrected chi connectivity index (χ3v) is 5.97. The molecule has 1 atom stereocenters. The first kappa shape index (κ1) is 21.3. The molecule has 0 bridgehead atoms. The molecule has 0 saturated heterocycles. The van der Waals surface area contributed by atoms with Crippen LogP contribution in [0.15, 0.2) is 64.8 Å². The Morgan fingerprint density at radius 2 is 2.00 bits per heavy atom. The number of carbonyl (C=O) groups excluding carboxylic acids is 1. The number of nitrogens with zero attached hydrogens (tertiary/aromatic N) is 2. The molecule has 33 heavy (non-hydrogen) atoms. The lowest BCUT2D eigenvalue weighted by Crippen LogP contribution is -2.30. The van der Waals surface area contributed by atoms with Gasteiger partial charge in [0.05, 0.1) is 30.2 Å². The molecule has 2 aromatic heterocycles. The summed E-state index contributed by atoms with van der Waals surface area (Å²) >= 11 is 1.06.